The number of hydrogen-bond donors (Lipinski definition) is 0. The lowest BCUT2D eigenvalue weighted by Gasteiger charge is -1.98. The van der Waals surface area contributed by atoms with Crippen molar-refractivity contribution in [1.29, 1.82) is 0 Å². The predicted molar refractivity (Wildman–Crippen MR) is 58.2 cm³/mol. The molecule has 0 rings (SSSR count). The Morgan fingerprint density at radius 3 is 2.23 bits per heavy atom. The van der Waals surface area contributed by atoms with E-state index in [1.54, 1.807) is 6.26 Å². The van der Waals surface area contributed by atoms with E-state index in [1.807, 2.05) is 6.08 Å². The van der Waals surface area contributed by atoms with E-state index < -0.39 is 0 Å². The molecule has 0 N–H and O–H groups in total. The predicted octanol–water partition coefficient (Wildman–Crippen LogP) is 4.45. The molecule has 1 radical (unpaired) electrons. The van der Waals surface area contributed by atoms with Crippen molar-refractivity contribution in [3.8, 4) is 0 Å². The van der Waals surface area contributed by atoms with Crippen LogP contribution in [0.3, 0.4) is 0 Å². The maximum atomic E-state index is 4.57. The smallest absolute Gasteiger partial charge is 0.121 e. The molecular formula is C12H23O. The highest BCUT2D eigenvalue weighted by molar-refractivity contribution is 4.72. The van der Waals surface area contributed by atoms with Gasteiger partial charge in [-0.1, -0.05) is 45.4 Å². The number of ether oxygens (including phenoxy) is 1. The van der Waals surface area contributed by atoms with Crippen molar-refractivity contribution in [1.82, 2.24) is 0 Å². The SMILES string of the molecule is [CH2]O/C=C/CCCCCCCCC. The lowest BCUT2D eigenvalue weighted by atomic mass is 10.1. The molecule has 0 unspecified atom stereocenters. The molecule has 13 heavy (non-hydrogen) atoms. The van der Waals surface area contributed by atoms with Gasteiger partial charge in [0.1, 0.15) is 7.11 Å². The molecule has 0 heterocycles. The van der Waals surface area contributed by atoms with E-state index in [-0.39, 0.29) is 0 Å². The molecule has 0 fully saturated rings. The number of unbranched alkanes of at least 4 members (excludes halogenated alkanes) is 7. The van der Waals surface area contributed by atoms with Gasteiger partial charge >= 0.3 is 0 Å². The molecular weight excluding hydrogens is 160 g/mol. The summed E-state index contributed by atoms with van der Waals surface area (Å²) >= 11 is 0. The van der Waals surface area contributed by atoms with Crippen LogP contribution in [0.1, 0.15) is 58.3 Å². The Balaban J connectivity index is 2.87. The first-order valence-electron chi connectivity index (χ1n) is 5.47. The van der Waals surface area contributed by atoms with Gasteiger partial charge in [-0.2, -0.15) is 0 Å². The zero-order valence-electron chi connectivity index (χ0n) is 8.93. The summed E-state index contributed by atoms with van der Waals surface area (Å²) < 4.78 is 4.57. The second-order valence-corrected chi connectivity index (χ2v) is 3.45. The first-order valence-corrected chi connectivity index (χ1v) is 5.47. The minimum atomic E-state index is 1.13. The van der Waals surface area contributed by atoms with Crippen molar-refractivity contribution in [2.24, 2.45) is 0 Å². The molecule has 0 saturated heterocycles. The van der Waals surface area contributed by atoms with Crippen LogP contribution >= 0.6 is 0 Å². The average molecular weight is 183 g/mol. The minimum Gasteiger partial charge on any atom is -0.498 e. The zero-order valence-corrected chi connectivity index (χ0v) is 8.93. The fraction of sp³-hybridized carbons (Fsp3) is 0.750. The van der Waals surface area contributed by atoms with Crippen LogP contribution in [0.15, 0.2) is 12.3 Å². The van der Waals surface area contributed by atoms with E-state index in [9.17, 15) is 0 Å². The average Bonchev–Trinajstić information content (AvgIpc) is 2.16. The minimum absolute atomic E-state index is 1.13. The summed E-state index contributed by atoms with van der Waals surface area (Å²) in [6.45, 7) is 2.25. The molecule has 0 aliphatic carbocycles. The Hall–Kier alpha value is -0.460. The lowest BCUT2D eigenvalue weighted by Crippen LogP contribution is -1.78. The van der Waals surface area contributed by atoms with Gasteiger partial charge in [0.15, 0.2) is 0 Å². The first-order chi connectivity index (χ1) is 6.41. The zero-order chi connectivity index (χ0) is 9.78. The normalized spacial score (nSPS) is 10.9. The Morgan fingerprint density at radius 1 is 1.00 bits per heavy atom. The third-order valence-corrected chi connectivity index (χ3v) is 2.17. The fourth-order valence-electron chi connectivity index (χ4n) is 1.36. The van der Waals surface area contributed by atoms with Crippen molar-refractivity contribution in [2.45, 2.75) is 58.3 Å². The van der Waals surface area contributed by atoms with Crippen molar-refractivity contribution in [3.63, 3.8) is 0 Å². The summed E-state index contributed by atoms with van der Waals surface area (Å²) in [4.78, 5) is 0. The Bertz CT molecular complexity index is 108. The third kappa shape index (κ3) is 11.5. The van der Waals surface area contributed by atoms with Crippen molar-refractivity contribution >= 4 is 0 Å². The van der Waals surface area contributed by atoms with Gasteiger partial charge in [-0.3, -0.25) is 0 Å². The molecule has 0 saturated carbocycles. The van der Waals surface area contributed by atoms with Crippen LogP contribution in [0.25, 0.3) is 0 Å². The number of allylic oxidation sites excluding steroid dienone is 1. The maximum Gasteiger partial charge on any atom is 0.121 e. The van der Waals surface area contributed by atoms with Crippen molar-refractivity contribution in [3.05, 3.63) is 19.4 Å². The number of rotatable bonds is 9. The first kappa shape index (κ1) is 12.5. The van der Waals surface area contributed by atoms with Crippen LogP contribution in [0.4, 0.5) is 0 Å². The summed E-state index contributed by atoms with van der Waals surface area (Å²) in [5.41, 5.74) is 0. The summed E-state index contributed by atoms with van der Waals surface area (Å²) in [6, 6.07) is 0. The van der Waals surface area contributed by atoms with E-state index in [2.05, 4.69) is 18.8 Å². The van der Waals surface area contributed by atoms with Crippen LogP contribution in [0.2, 0.25) is 0 Å². The van der Waals surface area contributed by atoms with E-state index in [0.717, 1.165) is 6.42 Å². The molecule has 0 atom stereocenters. The molecule has 0 aliphatic heterocycles. The summed E-state index contributed by atoms with van der Waals surface area (Å²) in [6.07, 6.45) is 14.4. The molecule has 0 aliphatic rings. The lowest BCUT2D eigenvalue weighted by molar-refractivity contribution is 0.391. The van der Waals surface area contributed by atoms with Gasteiger partial charge in [0.25, 0.3) is 0 Å². The van der Waals surface area contributed by atoms with Gasteiger partial charge in [-0.25, -0.2) is 0 Å². The monoisotopic (exact) mass is 183 g/mol. The highest BCUT2D eigenvalue weighted by atomic mass is 16.5. The number of hydrogen-bond acceptors (Lipinski definition) is 1. The van der Waals surface area contributed by atoms with Gasteiger partial charge in [-0.15, -0.1) is 0 Å². The largest absolute Gasteiger partial charge is 0.498 e. The summed E-state index contributed by atoms with van der Waals surface area (Å²) in [5.74, 6) is 0. The molecule has 0 spiro atoms. The van der Waals surface area contributed by atoms with E-state index in [0.29, 0.717) is 0 Å². The van der Waals surface area contributed by atoms with Gasteiger partial charge in [0.2, 0.25) is 0 Å². The van der Waals surface area contributed by atoms with Gasteiger partial charge in [0.05, 0.1) is 6.26 Å². The molecule has 0 aromatic heterocycles. The molecule has 0 bridgehead atoms. The Labute approximate surface area is 83.2 Å². The van der Waals surface area contributed by atoms with Crippen LogP contribution in [0, 0.1) is 7.11 Å². The van der Waals surface area contributed by atoms with E-state index >= 15 is 0 Å². The molecule has 0 aromatic carbocycles. The summed E-state index contributed by atoms with van der Waals surface area (Å²) in [5, 5.41) is 0. The summed E-state index contributed by atoms with van der Waals surface area (Å²) in [7, 11) is 3.27. The molecule has 1 nitrogen and oxygen atoms in total. The quantitative estimate of drug-likeness (QED) is 0.379. The molecule has 1 heteroatoms. The third-order valence-electron chi connectivity index (χ3n) is 2.17. The van der Waals surface area contributed by atoms with E-state index in [1.165, 1.54) is 44.9 Å². The Morgan fingerprint density at radius 2 is 1.62 bits per heavy atom. The van der Waals surface area contributed by atoms with Gasteiger partial charge in [0, 0.05) is 0 Å². The topological polar surface area (TPSA) is 9.23 Å². The highest BCUT2D eigenvalue weighted by Gasteiger charge is 1.88. The van der Waals surface area contributed by atoms with Crippen molar-refractivity contribution in [2.75, 3.05) is 0 Å². The fourth-order valence-corrected chi connectivity index (χ4v) is 1.36. The van der Waals surface area contributed by atoms with Gasteiger partial charge in [-0.05, 0) is 18.9 Å². The van der Waals surface area contributed by atoms with E-state index in [4.69, 9.17) is 0 Å². The molecule has 0 aromatic rings. The Kier molecular flexibility index (Phi) is 11.1. The van der Waals surface area contributed by atoms with Crippen LogP contribution in [0.5, 0.6) is 0 Å². The van der Waals surface area contributed by atoms with Crippen LogP contribution in [-0.2, 0) is 4.74 Å². The molecule has 77 valence electrons. The molecule has 0 amide bonds. The van der Waals surface area contributed by atoms with Gasteiger partial charge < -0.3 is 4.74 Å². The van der Waals surface area contributed by atoms with Crippen LogP contribution < -0.4 is 0 Å². The second kappa shape index (κ2) is 11.5. The van der Waals surface area contributed by atoms with Crippen molar-refractivity contribution < 1.29 is 4.74 Å². The second-order valence-electron chi connectivity index (χ2n) is 3.45. The maximum absolute atomic E-state index is 4.57. The van der Waals surface area contributed by atoms with Crippen LogP contribution in [-0.4, -0.2) is 0 Å². The highest BCUT2D eigenvalue weighted by Crippen LogP contribution is 2.08. The standard InChI is InChI=1S/C12H23O/c1-3-4-5-6-7-8-9-10-11-12-13-2/h11-12H,2-10H2,1H3/b12-11+.